The van der Waals surface area contributed by atoms with Gasteiger partial charge in [-0.2, -0.15) is 0 Å². The first-order valence-electron chi connectivity index (χ1n) is 10.8. The zero-order valence-electron chi connectivity index (χ0n) is 18.9. The molecule has 0 spiro atoms. The molecule has 0 bridgehead atoms. The number of aromatic nitrogens is 1. The summed E-state index contributed by atoms with van der Waals surface area (Å²) in [6, 6.07) is 12.0. The molecule has 2 aromatic rings. The summed E-state index contributed by atoms with van der Waals surface area (Å²) in [7, 11) is 0.935. The predicted octanol–water partition coefficient (Wildman–Crippen LogP) is 3.07. The Morgan fingerprint density at radius 2 is 1.87 bits per heavy atom. The molecular formula is C24H33N3O3S. The van der Waals surface area contributed by atoms with Crippen LogP contribution in [0.5, 0.6) is 0 Å². The van der Waals surface area contributed by atoms with E-state index in [1.54, 1.807) is 11.0 Å². The second kappa shape index (κ2) is 9.83. The van der Waals surface area contributed by atoms with Gasteiger partial charge in [-0.15, -0.1) is 0 Å². The molecule has 3 rings (SSSR count). The van der Waals surface area contributed by atoms with Gasteiger partial charge in [-0.25, -0.2) is 8.42 Å². The van der Waals surface area contributed by atoms with Gasteiger partial charge in [0, 0.05) is 35.7 Å². The molecule has 31 heavy (non-hydrogen) atoms. The quantitative estimate of drug-likeness (QED) is 0.588. The van der Waals surface area contributed by atoms with Gasteiger partial charge in [0.2, 0.25) is 5.91 Å². The maximum atomic E-state index is 13.1. The third kappa shape index (κ3) is 5.86. The van der Waals surface area contributed by atoms with Gasteiger partial charge in [-0.05, 0) is 77.2 Å². The second-order valence-corrected chi connectivity index (χ2v) is 10.8. The minimum Gasteiger partial charge on any atom is -0.335 e. The summed E-state index contributed by atoms with van der Waals surface area (Å²) in [5.74, 6) is 0.110. The number of amides is 1. The van der Waals surface area contributed by atoms with Crippen LogP contribution in [0.4, 0.5) is 0 Å². The molecule has 1 aliphatic rings. The van der Waals surface area contributed by atoms with Crippen molar-refractivity contribution in [1.82, 2.24) is 14.4 Å². The van der Waals surface area contributed by atoms with E-state index >= 15 is 0 Å². The van der Waals surface area contributed by atoms with Crippen LogP contribution in [0.1, 0.15) is 29.8 Å². The maximum absolute atomic E-state index is 13.1. The number of para-hydroxylation sites is 1. The molecule has 1 saturated heterocycles. The van der Waals surface area contributed by atoms with E-state index in [-0.39, 0.29) is 23.5 Å². The highest BCUT2D eigenvalue weighted by Crippen LogP contribution is 2.23. The third-order valence-electron chi connectivity index (χ3n) is 5.83. The number of hydrogen-bond acceptors (Lipinski definition) is 4. The summed E-state index contributed by atoms with van der Waals surface area (Å²) in [4.78, 5) is 16.9. The fourth-order valence-electron chi connectivity index (χ4n) is 4.24. The normalized spacial score (nSPS) is 18.2. The molecule has 6 nitrogen and oxygen atoms in total. The summed E-state index contributed by atoms with van der Waals surface area (Å²) in [6.07, 6.45) is 4.78. The van der Waals surface area contributed by atoms with Crippen LogP contribution in [-0.4, -0.2) is 73.4 Å². The fraction of sp³-hybridized carbons (Fsp3) is 0.458. The molecule has 0 N–H and O–H groups in total. The van der Waals surface area contributed by atoms with Crippen molar-refractivity contribution in [3.63, 3.8) is 0 Å². The highest BCUT2D eigenvalue weighted by molar-refractivity contribution is 7.91. The average Bonchev–Trinajstić information content (AvgIpc) is 3.21. The van der Waals surface area contributed by atoms with Crippen molar-refractivity contribution < 1.29 is 13.2 Å². The Morgan fingerprint density at radius 1 is 1.16 bits per heavy atom. The Hall–Kier alpha value is -2.38. The maximum Gasteiger partial charge on any atom is 0.246 e. The zero-order valence-corrected chi connectivity index (χ0v) is 19.7. The molecule has 1 aliphatic heterocycles. The molecule has 0 saturated carbocycles. The number of sulfone groups is 1. The Kier molecular flexibility index (Phi) is 7.38. The monoisotopic (exact) mass is 443 g/mol. The van der Waals surface area contributed by atoms with Crippen molar-refractivity contribution in [3.05, 3.63) is 59.4 Å². The van der Waals surface area contributed by atoms with Gasteiger partial charge in [0.05, 0.1) is 11.5 Å². The zero-order chi connectivity index (χ0) is 22.6. The van der Waals surface area contributed by atoms with E-state index < -0.39 is 9.84 Å². The SMILES string of the molecule is Cc1cc(/C=C/C(=O)N(CCCN(C)C)C2CCS(=O)(=O)C2)c(C)n1-c1ccccc1. The Morgan fingerprint density at radius 3 is 2.48 bits per heavy atom. The molecule has 2 heterocycles. The van der Waals surface area contributed by atoms with E-state index in [2.05, 4.69) is 34.6 Å². The summed E-state index contributed by atoms with van der Waals surface area (Å²) in [5, 5.41) is 0. The van der Waals surface area contributed by atoms with Gasteiger partial charge in [0.15, 0.2) is 9.84 Å². The predicted molar refractivity (Wildman–Crippen MR) is 126 cm³/mol. The van der Waals surface area contributed by atoms with Crippen LogP contribution in [0.15, 0.2) is 42.5 Å². The highest BCUT2D eigenvalue weighted by atomic mass is 32.2. The third-order valence-corrected chi connectivity index (χ3v) is 7.58. The molecule has 1 amide bonds. The van der Waals surface area contributed by atoms with E-state index in [1.165, 1.54) is 0 Å². The molecular weight excluding hydrogens is 410 g/mol. The van der Waals surface area contributed by atoms with Crippen molar-refractivity contribution in [2.24, 2.45) is 0 Å². The Balaban J connectivity index is 1.79. The van der Waals surface area contributed by atoms with Crippen LogP contribution in [0.2, 0.25) is 0 Å². The number of carbonyl (C=O) groups excluding carboxylic acids is 1. The van der Waals surface area contributed by atoms with Crippen LogP contribution in [0.3, 0.4) is 0 Å². The van der Waals surface area contributed by atoms with E-state index in [1.807, 2.05) is 45.3 Å². The molecule has 0 aliphatic carbocycles. The van der Waals surface area contributed by atoms with Gasteiger partial charge < -0.3 is 14.4 Å². The largest absolute Gasteiger partial charge is 0.335 e. The summed E-state index contributed by atoms with van der Waals surface area (Å²) < 4.78 is 26.1. The van der Waals surface area contributed by atoms with Gasteiger partial charge in [0.25, 0.3) is 0 Å². The first-order valence-corrected chi connectivity index (χ1v) is 12.6. The van der Waals surface area contributed by atoms with E-state index in [9.17, 15) is 13.2 Å². The molecule has 168 valence electrons. The van der Waals surface area contributed by atoms with Crippen LogP contribution < -0.4 is 0 Å². The Bertz CT molecular complexity index is 1040. The molecule has 0 radical (unpaired) electrons. The molecule has 1 atom stereocenters. The van der Waals surface area contributed by atoms with Crippen LogP contribution >= 0.6 is 0 Å². The van der Waals surface area contributed by atoms with Gasteiger partial charge in [-0.1, -0.05) is 18.2 Å². The number of aryl methyl sites for hydroxylation is 1. The lowest BCUT2D eigenvalue weighted by molar-refractivity contribution is -0.127. The lowest BCUT2D eigenvalue weighted by atomic mass is 10.1. The Labute approximate surface area is 186 Å². The van der Waals surface area contributed by atoms with Crippen molar-refractivity contribution in [2.45, 2.75) is 32.7 Å². The highest BCUT2D eigenvalue weighted by Gasteiger charge is 2.33. The van der Waals surface area contributed by atoms with Gasteiger partial charge in [-0.3, -0.25) is 4.79 Å². The molecule has 1 unspecified atom stereocenters. The van der Waals surface area contributed by atoms with E-state index in [0.29, 0.717) is 13.0 Å². The summed E-state index contributed by atoms with van der Waals surface area (Å²) >= 11 is 0. The number of rotatable bonds is 8. The van der Waals surface area contributed by atoms with Crippen LogP contribution in [0.25, 0.3) is 11.8 Å². The van der Waals surface area contributed by atoms with E-state index in [0.717, 1.165) is 35.6 Å². The fourth-order valence-corrected chi connectivity index (χ4v) is 5.97. The lowest BCUT2D eigenvalue weighted by Gasteiger charge is -2.27. The second-order valence-electron chi connectivity index (χ2n) is 8.58. The van der Waals surface area contributed by atoms with Crippen molar-refractivity contribution in [1.29, 1.82) is 0 Å². The van der Waals surface area contributed by atoms with Crippen molar-refractivity contribution >= 4 is 21.8 Å². The first kappa shape index (κ1) is 23.3. The number of hydrogen-bond donors (Lipinski definition) is 0. The average molecular weight is 444 g/mol. The molecule has 1 fully saturated rings. The number of benzene rings is 1. The van der Waals surface area contributed by atoms with Crippen LogP contribution in [0, 0.1) is 13.8 Å². The van der Waals surface area contributed by atoms with Crippen LogP contribution in [-0.2, 0) is 14.6 Å². The van der Waals surface area contributed by atoms with Crippen molar-refractivity contribution in [2.75, 3.05) is 38.7 Å². The first-order chi connectivity index (χ1) is 14.7. The number of nitrogens with zero attached hydrogens (tertiary/aromatic N) is 3. The minimum atomic E-state index is -3.05. The molecule has 1 aromatic heterocycles. The minimum absolute atomic E-state index is 0.0665. The van der Waals surface area contributed by atoms with Gasteiger partial charge in [0.1, 0.15) is 0 Å². The molecule has 7 heteroatoms. The number of carbonyl (C=O) groups is 1. The topological polar surface area (TPSA) is 62.6 Å². The van der Waals surface area contributed by atoms with Gasteiger partial charge >= 0.3 is 0 Å². The summed E-state index contributed by atoms with van der Waals surface area (Å²) in [6.45, 7) is 5.51. The van der Waals surface area contributed by atoms with Crippen molar-refractivity contribution in [3.8, 4) is 5.69 Å². The summed E-state index contributed by atoms with van der Waals surface area (Å²) in [5.41, 5.74) is 4.24. The smallest absolute Gasteiger partial charge is 0.246 e. The van der Waals surface area contributed by atoms with E-state index in [4.69, 9.17) is 0 Å². The lowest BCUT2D eigenvalue weighted by Crippen LogP contribution is -2.41. The molecule has 1 aromatic carbocycles. The standard InChI is InChI=1S/C24H33N3O3S/c1-19-17-21(20(2)27(19)22-9-6-5-7-10-22)11-12-24(28)26(15-8-14-25(3)4)23-13-16-31(29,30)18-23/h5-7,9-12,17,23H,8,13-16,18H2,1-4H3/b12-11+.